The van der Waals surface area contributed by atoms with Crippen LogP contribution in [0.4, 0.5) is 10.1 Å². The minimum absolute atomic E-state index is 0.00240. The van der Waals surface area contributed by atoms with Gasteiger partial charge in [-0.3, -0.25) is 9.59 Å². The second-order valence-corrected chi connectivity index (χ2v) is 8.07. The van der Waals surface area contributed by atoms with E-state index in [1.807, 2.05) is 30.5 Å². The zero-order valence-electron chi connectivity index (χ0n) is 17.4. The Hall–Kier alpha value is -3.85. The molecule has 0 saturated carbocycles. The van der Waals surface area contributed by atoms with Crippen molar-refractivity contribution in [1.82, 2.24) is 20.1 Å². The van der Waals surface area contributed by atoms with Gasteiger partial charge < -0.3 is 10.6 Å². The van der Waals surface area contributed by atoms with Gasteiger partial charge in [-0.25, -0.2) is 14.1 Å². The summed E-state index contributed by atoms with van der Waals surface area (Å²) in [6.45, 7) is 3.27. The monoisotopic (exact) mass is 449 g/mol. The first-order valence-electron chi connectivity index (χ1n) is 9.86. The molecule has 0 aliphatic rings. The van der Waals surface area contributed by atoms with Crippen molar-refractivity contribution in [3.8, 4) is 16.4 Å². The van der Waals surface area contributed by atoms with Crippen LogP contribution in [0.25, 0.3) is 16.4 Å². The number of halogens is 1. The summed E-state index contributed by atoms with van der Waals surface area (Å²) in [7, 11) is 0. The van der Waals surface area contributed by atoms with Crippen LogP contribution in [0.15, 0.2) is 66.0 Å². The highest BCUT2D eigenvalue weighted by Gasteiger charge is 2.21. The third kappa shape index (κ3) is 4.73. The van der Waals surface area contributed by atoms with Crippen molar-refractivity contribution in [2.45, 2.75) is 19.9 Å². The Morgan fingerprint density at radius 1 is 1.09 bits per heavy atom. The summed E-state index contributed by atoms with van der Waals surface area (Å²) < 4.78 is 14.9. The van der Waals surface area contributed by atoms with E-state index in [0.29, 0.717) is 17.2 Å². The van der Waals surface area contributed by atoms with Crippen LogP contribution < -0.4 is 10.6 Å². The predicted molar refractivity (Wildman–Crippen MR) is 121 cm³/mol. The van der Waals surface area contributed by atoms with E-state index in [1.165, 1.54) is 35.1 Å². The number of hydrogen-bond donors (Lipinski definition) is 2. The third-order valence-corrected chi connectivity index (χ3v) is 5.54. The van der Waals surface area contributed by atoms with Crippen molar-refractivity contribution in [2.75, 3.05) is 5.32 Å². The molecule has 2 aromatic carbocycles. The number of carbonyl (C=O) groups is 2. The molecule has 2 amide bonds. The standard InChI is InChI=1S/C23H20FN5O2S/c1-14(16-5-3-6-18(13-16)26-15(2)30)25-23(31)21-27-22(20-7-4-12-32-20)29(28-21)19-10-8-17(24)9-11-19/h3-14H,1-2H3,(H,25,31)(H,26,30). The molecule has 0 saturated heterocycles. The largest absolute Gasteiger partial charge is 0.343 e. The summed E-state index contributed by atoms with van der Waals surface area (Å²) in [5.41, 5.74) is 2.06. The molecule has 0 spiro atoms. The van der Waals surface area contributed by atoms with Gasteiger partial charge in [0.25, 0.3) is 5.91 Å². The molecule has 0 aliphatic heterocycles. The molecule has 7 nitrogen and oxygen atoms in total. The van der Waals surface area contributed by atoms with Crippen LogP contribution in [0.1, 0.15) is 36.1 Å². The summed E-state index contributed by atoms with van der Waals surface area (Å²) in [6.07, 6.45) is 0. The van der Waals surface area contributed by atoms with Crippen LogP contribution in [0, 0.1) is 5.82 Å². The fourth-order valence-electron chi connectivity index (χ4n) is 3.17. The number of nitrogens with zero attached hydrogens (tertiary/aromatic N) is 3. The Balaban J connectivity index is 1.61. The number of thiophene rings is 1. The number of carbonyl (C=O) groups excluding carboxylic acids is 2. The molecule has 32 heavy (non-hydrogen) atoms. The van der Waals surface area contributed by atoms with Gasteiger partial charge in [0.15, 0.2) is 5.82 Å². The number of nitrogens with one attached hydrogen (secondary N) is 2. The fourth-order valence-corrected chi connectivity index (χ4v) is 3.87. The summed E-state index contributed by atoms with van der Waals surface area (Å²) >= 11 is 1.47. The highest BCUT2D eigenvalue weighted by atomic mass is 32.1. The van der Waals surface area contributed by atoms with Crippen LogP contribution in [0.3, 0.4) is 0 Å². The Bertz CT molecular complexity index is 1250. The summed E-state index contributed by atoms with van der Waals surface area (Å²) in [4.78, 5) is 29.5. The van der Waals surface area contributed by atoms with Gasteiger partial charge in [-0.2, -0.15) is 0 Å². The maximum atomic E-state index is 13.4. The molecule has 2 N–H and O–H groups in total. The Kier molecular flexibility index (Phi) is 6.09. The van der Waals surface area contributed by atoms with Gasteiger partial charge in [0.1, 0.15) is 5.82 Å². The molecular weight excluding hydrogens is 429 g/mol. The van der Waals surface area contributed by atoms with Gasteiger partial charge in [-0.15, -0.1) is 16.4 Å². The zero-order chi connectivity index (χ0) is 22.7. The maximum absolute atomic E-state index is 13.4. The van der Waals surface area contributed by atoms with E-state index in [1.54, 1.807) is 30.3 Å². The molecule has 0 bridgehead atoms. The summed E-state index contributed by atoms with van der Waals surface area (Å²) in [5, 5.41) is 11.9. The first-order chi connectivity index (χ1) is 15.4. The second kappa shape index (κ2) is 9.11. The molecule has 0 aliphatic carbocycles. The fraction of sp³-hybridized carbons (Fsp3) is 0.130. The number of amides is 2. The second-order valence-electron chi connectivity index (χ2n) is 7.13. The topological polar surface area (TPSA) is 88.9 Å². The number of rotatable bonds is 6. The normalized spacial score (nSPS) is 11.7. The maximum Gasteiger partial charge on any atom is 0.291 e. The van der Waals surface area contributed by atoms with Crippen LogP contribution in [-0.2, 0) is 4.79 Å². The van der Waals surface area contributed by atoms with E-state index in [4.69, 9.17) is 0 Å². The molecule has 0 radical (unpaired) electrons. The van der Waals surface area contributed by atoms with Crippen molar-refractivity contribution in [2.24, 2.45) is 0 Å². The molecule has 0 fully saturated rings. The highest BCUT2D eigenvalue weighted by Crippen LogP contribution is 2.26. The van der Waals surface area contributed by atoms with Gasteiger partial charge >= 0.3 is 0 Å². The van der Waals surface area contributed by atoms with E-state index in [-0.39, 0.29) is 23.6 Å². The zero-order valence-corrected chi connectivity index (χ0v) is 18.2. The quantitative estimate of drug-likeness (QED) is 0.451. The lowest BCUT2D eigenvalue weighted by molar-refractivity contribution is -0.114. The average molecular weight is 450 g/mol. The number of hydrogen-bond acceptors (Lipinski definition) is 5. The lowest BCUT2D eigenvalue weighted by Gasteiger charge is -2.14. The van der Waals surface area contributed by atoms with Gasteiger partial charge in [0.2, 0.25) is 11.7 Å². The van der Waals surface area contributed by atoms with Gasteiger partial charge in [0.05, 0.1) is 16.6 Å². The Morgan fingerprint density at radius 3 is 2.56 bits per heavy atom. The third-order valence-electron chi connectivity index (χ3n) is 4.68. The highest BCUT2D eigenvalue weighted by molar-refractivity contribution is 7.13. The molecule has 1 unspecified atom stereocenters. The van der Waals surface area contributed by atoms with Crippen molar-refractivity contribution in [1.29, 1.82) is 0 Å². The first-order valence-corrected chi connectivity index (χ1v) is 10.7. The number of anilines is 1. The van der Waals surface area contributed by atoms with Gasteiger partial charge in [-0.1, -0.05) is 18.2 Å². The smallest absolute Gasteiger partial charge is 0.291 e. The van der Waals surface area contributed by atoms with E-state index >= 15 is 0 Å². The van der Waals surface area contributed by atoms with Gasteiger partial charge in [-0.05, 0) is 60.3 Å². The molecule has 4 rings (SSSR count). The molecule has 2 heterocycles. The minimum Gasteiger partial charge on any atom is -0.343 e. The van der Waals surface area contributed by atoms with E-state index in [2.05, 4.69) is 20.7 Å². The van der Waals surface area contributed by atoms with Gasteiger partial charge in [0, 0.05) is 12.6 Å². The minimum atomic E-state index is -0.443. The number of aromatic nitrogens is 3. The summed E-state index contributed by atoms with van der Waals surface area (Å²) in [5.74, 6) is -0.476. The predicted octanol–water partition coefficient (Wildman–Crippen LogP) is 4.58. The molecule has 9 heteroatoms. The van der Waals surface area contributed by atoms with E-state index in [9.17, 15) is 14.0 Å². The van der Waals surface area contributed by atoms with Crippen LogP contribution in [0.5, 0.6) is 0 Å². The van der Waals surface area contributed by atoms with Crippen molar-refractivity contribution >= 4 is 28.8 Å². The molecule has 162 valence electrons. The molecule has 4 aromatic rings. The van der Waals surface area contributed by atoms with Crippen LogP contribution in [-0.4, -0.2) is 26.6 Å². The number of benzene rings is 2. The Morgan fingerprint density at radius 2 is 1.88 bits per heavy atom. The first kappa shape index (κ1) is 21.4. The van der Waals surface area contributed by atoms with E-state index in [0.717, 1.165) is 10.4 Å². The van der Waals surface area contributed by atoms with E-state index < -0.39 is 5.91 Å². The van der Waals surface area contributed by atoms with Crippen molar-refractivity contribution < 1.29 is 14.0 Å². The van der Waals surface area contributed by atoms with Crippen LogP contribution in [0.2, 0.25) is 0 Å². The van der Waals surface area contributed by atoms with Crippen molar-refractivity contribution in [3.63, 3.8) is 0 Å². The SMILES string of the molecule is CC(=O)Nc1cccc(C(C)NC(=O)c2nc(-c3cccs3)n(-c3ccc(F)cc3)n2)c1. The molecule has 1 atom stereocenters. The lowest BCUT2D eigenvalue weighted by Crippen LogP contribution is -2.27. The Labute approximate surface area is 187 Å². The van der Waals surface area contributed by atoms with Crippen molar-refractivity contribution in [3.05, 3.63) is 83.2 Å². The summed E-state index contributed by atoms with van der Waals surface area (Å²) in [6, 6.07) is 16.5. The lowest BCUT2D eigenvalue weighted by atomic mass is 10.1. The average Bonchev–Trinajstić information content (AvgIpc) is 3.44. The van der Waals surface area contributed by atoms with Crippen LogP contribution >= 0.6 is 11.3 Å². The molecule has 2 aromatic heterocycles. The molecular formula is C23H20FN5O2S.